The van der Waals surface area contributed by atoms with Crippen molar-refractivity contribution in [2.75, 3.05) is 18.0 Å². The Labute approximate surface area is 254 Å². The van der Waals surface area contributed by atoms with E-state index >= 15 is 0 Å². The van der Waals surface area contributed by atoms with Crippen LogP contribution in [0, 0.1) is 0 Å². The molecular formula is C33H42N4O5S. The monoisotopic (exact) mass is 606 g/mol. The molecule has 1 aliphatic heterocycles. The molecule has 0 spiro atoms. The number of aliphatic hydroxyl groups excluding tert-OH is 1. The van der Waals surface area contributed by atoms with Crippen LogP contribution in [0.4, 0.5) is 5.69 Å². The highest BCUT2D eigenvalue weighted by atomic mass is 32.2. The Morgan fingerprint density at radius 2 is 1.72 bits per heavy atom. The highest BCUT2D eigenvalue weighted by molar-refractivity contribution is 7.89. The van der Waals surface area contributed by atoms with Crippen LogP contribution in [0.1, 0.15) is 51.7 Å². The second-order valence-electron chi connectivity index (χ2n) is 11.7. The third kappa shape index (κ3) is 8.29. The van der Waals surface area contributed by atoms with Crippen LogP contribution in [0.2, 0.25) is 0 Å². The van der Waals surface area contributed by atoms with Crippen LogP contribution < -0.4 is 20.3 Å². The number of para-hydroxylation sites is 1. The molecule has 0 bridgehead atoms. The van der Waals surface area contributed by atoms with Gasteiger partial charge in [-0.05, 0) is 62.4 Å². The standard InChI is InChI=1S/C33H42N4O5S/c1-5-35-43(41,42)30-13-9-7-11-27(30)25-16-14-24(15-17-25)22-37-29-12-8-6-10-26(29)18-19-28(32(37)40)36-31(39)20-33(3,4)34-21-23(2)38/h6-17,23,28,34-35,38H,5,18-22H2,1-4H3,(H,36,39)/t23-,28-/m1/s1. The number of fused-ring (bicyclic) bond motifs is 1. The molecule has 10 heteroatoms. The number of aryl methyl sites for hydroxylation is 1. The van der Waals surface area contributed by atoms with Gasteiger partial charge in [-0.25, -0.2) is 13.1 Å². The minimum Gasteiger partial charge on any atom is -0.392 e. The van der Waals surface area contributed by atoms with E-state index in [-0.39, 0.29) is 23.1 Å². The molecule has 1 aliphatic rings. The number of carbonyl (C=O) groups excluding carboxylic acids is 2. The number of benzene rings is 3. The molecule has 43 heavy (non-hydrogen) atoms. The van der Waals surface area contributed by atoms with Crippen LogP contribution in [-0.4, -0.2) is 56.1 Å². The first-order chi connectivity index (χ1) is 20.4. The van der Waals surface area contributed by atoms with Crippen molar-refractivity contribution >= 4 is 27.5 Å². The highest BCUT2D eigenvalue weighted by Gasteiger charge is 2.32. The summed E-state index contributed by atoms with van der Waals surface area (Å²) in [6, 6.07) is 21.5. The van der Waals surface area contributed by atoms with E-state index in [0.29, 0.717) is 38.0 Å². The van der Waals surface area contributed by atoms with E-state index in [1.165, 1.54) is 0 Å². The first kappa shape index (κ1) is 32.3. The summed E-state index contributed by atoms with van der Waals surface area (Å²) in [4.78, 5) is 28.9. The lowest BCUT2D eigenvalue weighted by Crippen LogP contribution is -2.51. The predicted molar refractivity (Wildman–Crippen MR) is 169 cm³/mol. The normalized spacial score (nSPS) is 16.3. The van der Waals surface area contributed by atoms with E-state index in [4.69, 9.17) is 0 Å². The van der Waals surface area contributed by atoms with Gasteiger partial charge in [-0.2, -0.15) is 0 Å². The van der Waals surface area contributed by atoms with E-state index in [0.717, 1.165) is 22.4 Å². The molecule has 0 saturated carbocycles. The van der Waals surface area contributed by atoms with Gasteiger partial charge >= 0.3 is 0 Å². The van der Waals surface area contributed by atoms with Gasteiger partial charge in [0.25, 0.3) is 0 Å². The van der Waals surface area contributed by atoms with Crippen molar-refractivity contribution in [1.82, 2.24) is 15.4 Å². The number of sulfonamides is 1. The van der Waals surface area contributed by atoms with Crippen LogP contribution in [0.5, 0.6) is 0 Å². The quantitative estimate of drug-likeness (QED) is 0.249. The number of nitrogens with zero attached hydrogens (tertiary/aromatic N) is 1. The Hall–Kier alpha value is -3.57. The van der Waals surface area contributed by atoms with E-state index < -0.39 is 27.7 Å². The Morgan fingerprint density at radius 3 is 2.42 bits per heavy atom. The van der Waals surface area contributed by atoms with Gasteiger partial charge in [0.2, 0.25) is 21.8 Å². The van der Waals surface area contributed by atoms with Crippen LogP contribution in [-0.2, 0) is 32.6 Å². The van der Waals surface area contributed by atoms with Crippen molar-refractivity contribution in [2.24, 2.45) is 0 Å². The highest BCUT2D eigenvalue weighted by Crippen LogP contribution is 2.31. The largest absolute Gasteiger partial charge is 0.392 e. The van der Waals surface area contributed by atoms with E-state index in [9.17, 15) is 23.1 Å². The van der Waals surface area contributed by atoms with Crippen LogP contribution in [0.3, 0.4) is 0 Å². The third-order valence-electron chi connectivity index (χ3n) is 7.48. The maximum atomic E-state index is 13.9. The second kappa shape index (κ2) is 13.8. The number of hydrogen-bond acceptors (Lipinski definition) is 6. The van der Waals surface area contributed by atoms with Crippen LogP contribution in [0.25, 0.3) is 11.1 Å². The maximum Gasteiger partial charge on any atom is 0.249 e. The number of aliphatic hydroxyl groups is 1. The van der Waals surface area contributed by atoms with Crippen molar-refractivity contribution in [3.05, 3.63) is 83.9 Å². The SMILES string of the molecule is CCNS(=O)(=O)c1ccccc1-c1ccc(CN2C(=O)[C@H](NC(=O)CC(C)(C)NC[C@@H](C)O)CCc3ccccc32)cc1. The lowest BCUT2D eigenvalue weighted by Gasteiger charge is -2.29. The molecule has 2 amide bonds. The van der Waals surface area contributed by atoms with Gasteiger partial charge in [0.1, 0.15) is 6.04 Å². The van der Waals surface area contributed by atoms with Gasteiger partial charge in [-0.15, -0.1) is 0 Å². The molecule has 4 rings (SSSR count). The summed E-state index contributed by atoms with van der Waals surface area (Å²) < 4.78 is 28.1. The molecule has 9 nitrogen and oxygen atoms in total. The van der Waals surface area contributed by atoms with Gasteiger partial charge in [-0.3, -0.25) is 9.59 Å². The molecule has 3 aromatic rings. The lowest BCUT2D eigenvalue weighted by molar-refractivity contribution is -0.128. The maximum absolute atomic E-state index is 13.9. The summed E-state index contributed by atoms with van der Waals surface area (Å²) in [6.45, 7) is 8.16. The Balaban J connectivity index is 1.55. The van der Waals surface area contributed by atoms with Crippen molar-refractivity contribution in [2.45, 2.75) is 76.1 Å². The van der Waals surface area contributed by atoms with E-state index in [2.05, 4.69) is 15.4 Å². The van der Waals surface area contributed by atoms with Gasteiger partial charge in [0, 0.05) is 36.3 Å². The van der Waals surface area contributed by atoms with Gasteiger partial charge in [0.15, 0.2) is 0 Å². The molecule has 3 aromatic carbocycles. The first-order valence-electron chi connectivity index (χ1n) is 14.7. The fourth-order valence-electron chi connectivity index (χ4n) is 5.33. The molecule has 0 saturated heterocycles. The van der Waals surface area contributed by atoms with Gasteiger partial charge < -0.3 is 20.6 Å². The number of nitrogens with one attached hydrogen (secondary N) is 3. The number of rotatable bonds is 12. The average Bonchev–Trinajstić information content (AvgIpc) is 3.09. The molecule has 1 heterocycles. The zero-order valence-corrected chi connectivity index (χ0v) is 26.1. The molecule has 2 atom stereocenters. The van der Waals surface area contributed by atoms with Crippen molar-refractivity contribution in [3.8, 4) is 11.1 Å². The Kier molecular flexibility index (Phi) is 10.4. The fraction of sp³-hybridized carbons (Fsp3) is 0.394. The molecule has 0 aliphatic carbocycles. The zero-order valence-electron chi connectivity index (χ0n) is 25.3. The first-order valence-corrected chi connectivity index (χ1v) is 16.2. The van der Waals surface area contributed by atoms with Crippen molar-refractivity contribution in [1.29, 1.82) is 0 Å². The van der Waals surface area contributed by atoms with Crippen molar-refractivity contribution < 1.29 is 23.1 Å². The van der Waals surface area contributed by atoms with E-state index in [1.54, 1.807) is 43.0 Å². The Morgan fingerprint density at radius 1 is 1.05 bits per heavy atom. The second-order valence-corrected chi connectivity index (χ2v) is 13.4. The summed E-state index contributed by atoms with van der Waals surface area (Å²) >= 11 is 0. The molecule has 0 radical (unpaired) electrons. The molecule has 4 N–H and O–H groups in total. The Bertz CT molecular complexity index is 1540. The van der Waals surface area contributed by atoms with Crippen LogP contribution in [0.15, 0.2) is 77.7 Å². The van der Waals surface area contributed by atoms with Crippen molar-refractivity contribution in [3.63, 3.8) is 0 Å². The average molecular weight is 607 g/mol. The zero-order chi connectivity index (χ0) is 31.2. The summed E-state index contributed by atoms with van der Waals surface area (Å²) in [5.74, 6) is -0.415. The number of hydrogen-bond donors (Lipinski definition) is 4. The molecule has 0 unspecified atom stereocenters. The van der Waals surface area contributed by atoms with E-state index in [1.807, 2.05) is 62.4 Å². The number of carbonyl (C=O) groups is 2. The predicted octanol–water partition coefficient (Wildman–Crippen LogP) is 3.76. The van der Waals surface area contributed by atoms with Gasteiger partial charge in [0.05, 0.1) is 17.5 Å². The third-order valence-corrected chi connectivity index (χ3v) is 9.08. The van der Waals surface area contributed by atoms with Crippen LogP contribution >= 0.6 is 0 Å². The summed E-state index contributed by atoms with van der Waals surface area (Å²) in [5.41, 5.74) is 3.51. The summed E-state index contributed by atoms with van der Waals surface area (Å²) in [5, 5.41) is 15.8. The minimum atomic E-state index is -3.65. The molecule has 230 valence electrons. The lowest BCUT2D eigenvalue weighted by atomic mass is 9.99. The molecular weight excluding hydrogens is 564 g/mol. The summed E-state index contributed by atoms with van der Waals surface area (Å²) in [6.07, 6.45) is 0.745. The molecule has 0 fully saturated rings. The topological polar surface area (TPSA) is 128 Å². The van der Waals surface area contributed by atoms with Gasteiger partial charge in [-0.1, -0.05) is 67.6 Å². The smallest absolute Gasteiger partial charge is 0.249 e. The molecule has 0 aromatic heterocycles. The minimum absolute atomic E-state index is 0.156. The fourth-order valence-corrected chi connectivity index (χ4v) is 6.59. The number of β-amino-alcohol motifs (C(OH)–C–C–N with tert-alkyl or cyclic N) is 1. The number of amides is 2. The summed E-state index contributed by atoms with van der Waals surface area (Å²) in [7, 11) is -3.65. The number of anilines is 1.